The lowest BCUT2D eigenvalue weighted by molar-refractivity contribution is 0.102. The van der Waals surface area contributed by atoms with Crippen LogP contribution in [0.5, 0.6) is 5.75 Å². The Labute approximate surface area is 108 Å². The molecule has 0 saturated heterocycles. The predicted molar refractivity (Wildman–Crippen MR) is 67.5 cm³/mol. The van der Waals surface area contributed by atoms with Gasteiger partial charge in [-0.2, -0.15) is 0 Å². The van der Waals surface area contributed by atoms with Gasteiger partial charge in [0.05, 0.1) is 10.7 Å². The minimum atomic E-state index is -0.749. The van der Waals surface area contributed by atoms with E-state index in [9.17, 15) is 14.3 Å². The molecule has 0 aliphatic carbocycles. The molecule has 0 bridgehead atoms. The first kappa shape index (κ1) is 12.4. The lowest BCUT2D eigenvalue weighted by atomic mass is 10.2. The molecule has 2 rings (SSSR count). The molecule has 1 amide bonds. The number of nitrogens with one attached hydrogen (secondary N) is 1. The van der Waals surface area contributed by atoms with Crippen LogP contribution in [0.2, 0.25) is 5.02 Å². The number of hydrogen-bond acceptors (Lipinski definition) is 2. The van der Waals surface area contributed by atoms with Crippen molar-refractivity contribution in [1.82, 2.24) is 0 Å². The van der Waals surface area contributed by atoms with E-state index in [0.29, 0.717) is 5.56 Å². The summed E-state index contributed by atoms with van der Waals surface area (Å²) in [7, 11) is 0. The largest absolute Gasteiger partial charge is 0.506 e. The van der Waals surface area contributed by atoms with Crippen molar-refractivity contribution < 1.29 is 14.3 Å². The Morgan fingerprint density at radius 1 is 1.22 bits per heavy atom. The van der Waals surface area contributed by atoms with Crippen molar-refractivity contribution in [3.05, 3.63) is 58.9 Å². The van der Waals surface area contributed by atoms with Crippen molar-refractivity contribution >= 4 is 23.2 Å². The smallest absolute Gasteiger partial charge is 0.255 e. The van der Waals surface area contributed by atoms with Gasteiger partial charge in [-0.15, -0.1) is 0 Å². The molecular weight excluding hydrogens is 257 g/mol. The van der Waals surface area contributed by atoms with Gasteiger partial charge >= 0.3 is 0 Å². The summed E-state index contributed by atoms with van der Waals surface area (Å²) < 4.78 is 13.5. The van der Waals surface area contributed by atoms with Crippen LogP contribution < -0.4 is 5.32 Å². The third-order valence-electron chi connectivity index (χ3n) is 2.32. The first-order chi connectivity index (χ1) is 8.58. The second-order valence-electron chi connectivity index (χ2n) is 3.60. The van der Waals surface area contributed by atoms with Crippen LogP contribution in [-0.2, 0) is 0 Å². The normalized spacial score (nSPS) is 10.1. The van der Waals surface area contributed by atoms with Gasteiger partial charge in [0.15, 0.2) is 5.82 Å². The standard InChI is InChI=1S/C13H9ClFNO2/c14-9-6-11(10(15)7-12(9)17)16-13(18)8-4-2-1-3-5-8/h1-7,17H,(H,16,18). The highest BCUT2D eigenvalue weighted by atomic mass is 35.5. The van der Waals surface area contributed by atoms with Gasteiger partial charge in [-0.25, -0.2) is 4.39 Å². The van der Waals surface area contributed by atoms with Crippen LogP contribution in [0.3, 0.4) is 0 Å². The number of phenols is 1. The van der Waals surface area contributed by atoms with Crippen LogP contribution >= 0.6 is 11.6 Å². The summed E-state index contributed by atoms with van der Waals surface area (Å²) in [6.07, 6.45) is 0. The molecule has 0 unspecified atom stereocenters. The molecule has 2 aromatic carbocycles. The minimum Gasteiger partial charge on any atom is -0.506 e. The molecule has 0 heterocycles. The monoisotopic (exact) mass is 265 g/mol. The van der Waals surface area contributed by atoms with Gasteiger partial charge in [-0.1, -0.05) is 29.8 Å². The molecule has 0 aliphatic rings. The first-order valence-corrected chi connectivity index (χ1v) is 5.50. The minimum absolute atomic E-state index is 0.0280. The number of rotatable bonds is 2. The molecule has 92 valence electrons. The summed E-state index contributed by atoms with van der Waals surface area (Å²) in [6, 6.07) is 10.4. The number of phenolic OH excluding ortho intramolecular Hbond substituents is 1. The maximum atomic E-state index is 13.5. The Balaban J connectivity index is 2.25. The number of halogens is 2. The highest BCUT2D eigenvalue weighted by Crippen LogP contribution is 2.29. The first-order valence-electron chi connectivity index (χ1n) is 5.12. The molecular formula is C13H9ClFNO2. The Morgan fingerprint density at radius 2 is 1.89 bits per heavy atom. The summed E-state index contributed by atoms with van der Waals surface area (Å²) in [5, 5.41) is 11.5. The van der Waals surface area contributed by atoms with E-state index in [-0.39, 0.29) is 16.5 Å². The van der Waals surface area contributed by atoms with Gasteiger partial charge in [0, 0.05) is 11.6 Å². The summed E-state index contributed by atoms with van der Waals surface area (Å²) in [5.41, 5.74) is 0.327. The van der Waals surface area contributed by atoms with E-state index in [2.05, 4.69) is 5.32 Å². The topological polar surface area (TPSA) is 49.3 Å². The van der Waals surface area contributed by atoms with Gasteiger partial charge in [0.1, 0.15) is 5.75 Å². The lowest BCUT2D eigenvalue weighted by Crippen LogP contribution is -2.12. The molecule has 0 spiro atoms. The molecule has 0 fully saturated rings. The molecule has 0 saturated carbocycles. The van der Waals surface area contributed by atoms with E-state index < -0.39 is 11.7 Å². The van der Waals surface area contributed by atoms with Gasteiger partial charge < -0.3 is 10.4 Å². The molecule has 5 heteroatoms. The highest BCUT2D eigenvalue weighted by Gasteiger charge is 2.11. The van der Waals surface area contributed by atoms with Gasteiger partial charge in [0.2, 0.25) is 0 Å². The quantitative estimate of drug-likeness (QED) is 0.817. The van der Waals surface area contributed by atoms with E-state index in [4.69, 9.17) is 11.6 Å². The fraction of sp³-hybridized carbons (Fsp3) is 0. The number of benzene rings is 2. The Bertz CT molecular complexity index is 587. The number of hydrogen-bond donors (Lipinski definition) is 2. The van der Waals surface area contributed by atoms with E-state index in [1.807, 2.05) is 0 Å². The van der Waals surface area contributed by atoms with Crippen LogP contribution in [0.1, 0.15) is 10.4 Å². The van der Waals surface area contributed by atoms with Crippen LogP contribution in [-0.4, -0.2) is 11.0 Å². The fourth-order valence-electron chi connectivity index (χ4n) is 1.42. The lowest BCUT2D eigenvalue weighted by Gasteiger charge is -2.07. The highest BCUT2D eigenvalue weighted by molar-refractivity contribution is 6.32. The maximum absolute atomic E-state index is 13.5. The van der Waals surface area contributed by atoms with Crippen molar-refractivity contribution in [2.45, 2.75) is 0 Å². The van der Waals surface area contributed by atoms with E-state index >= 15 is 0 Å². The van der Waals surface area contributed by atoms with Gasteiger partial charge in [-0.3, -0.25) is 4.79 Å². The van der Waals surface area contributed by atoms with Crippen LogP contribution in [0, 0.1) is 5.82 Å². The number of anilines is 1. The summed E-state index contributed by atoms with van der Waals surface area (Å²) >= 11 is 5.65. The molecule has 0 aliphatic heterocycles. The zero-order valence-corrected chi connectivity index (χ0v) is 9.91. The predicted octanol–water partition coefficient (Wildman–Crippen LogP) is 3.44. The number of carbonyl (C=O) groups excluding carboxylic acids is 1. The van der Waals surface area contributed by atoms with Crippen LogP contribution in [0.25, 0.3) is 0 Å². The van der Waals surface area contributed by atoms with E-state index in [1.54, 1.807) is 30.3 Å². The summed E-state index contributed by atoms with van der Waals surface area (Å²) in [6.45, 7) is 0. The van der Waals surface area contributed by atoms with Gasteiger partial charge in [0.25, 0.3) is 5.91 Å². The number of amides is 1. The molecule has 0 radical (unpaired) electrons. The third-order valence-corrected chi connectivity index (χ3v) is 2.62. The number of aromatic hydroxyl groups is 1. The molecule has 0 atom stereocenters. The van der Waals surface area contributed by atoms with Crippen LogP contribution in [0.4, 0.5) is 10.1 Å². The van der Waals surface area contributed by atoms with Crippen molar-refractivity contribution in [3.8, 4) is 5.75 Å². The van der Waals surface area contributed by atoms with E-state index in [1.165, 1.54) is 0 Å². The SMILES string of the molecule is O=C(Nc1cc(Cl)c(O)cc1F)c1ccccc1. The maximum Gasteiger partial charge on any atom is 0.255 e. The molecule has 2 aromatic rings. The van der Waals surface area contributed by atoms with Gasteiger partial charge in [-0.05, 0) is 18.2 Å². The molecule has 18 heavy (non-hydrogen) atoms. The summed E-state index contributed by atoms with van der Waals surface area (Å²) in [5.74, 6) is -1.57. The second kappa shape index (κ2) is 5.06. The average molecular weight is 266 g/mol. The summed E-state index contributed by atoms with van der Waals surface area (Å²) in [4.78, 5) is 11.8. The zero-order chi connectivity index (χ0) is 13.1. The molecule has 2 N–H and O–H groups in total. The fourth-order valence-corrected chi connectivity index (χ4v) is 1.58. The number of carbonyl (C=O) groups is 1. The van der Waals surface area contributed by atoms with Crippen LogP contribution in [0.15, 0.2) is 42.5 Å². The average Bonchev–Trinajstić information content (AvgIpc) is 2.37. The third kappa shape index (κ3) is 2.60. The van der Waals surface area contributed by atoms with Crippen molar-refractivity contribution in [2.24, 2.45) is 0 Å². The zero-order valence-electron chi connectivity index (χ0n) is 9.15. The molecule has 3 nitrogen and oxygen atoms in total. The van der Waals surface area contributed by atoms with E-state index in [0.717, 1.165) is 12.1 Å². The Hall–Kier alpha value is -2.07. The second-order valence-corrected chi connectivity index (χ2v) is 4.01. The Kier molecular flexibility index (Phi) is 3.48. The van der Waals surface area contributed by atoms with Crippen molar-refractivity contribution in [3.63, 3.8) is 0 Å². The van der Waals surface area contributed by atoms with Crippen molar-refractivity contribution in [2.75, 3.05) is 5.32 Å². The van der Waals surface area contributed by atoms with Crippen molar-refractivity contribution in [1.29, 1.82) is 0 Å². The Morgan fingerprint density at radius 3 is 2.56 bits per heavy atom. The molecule has 0 aromatic heterocycles.